The van der Waals surface area contributed by atoms with Crippen molar-refractivity contribution in [2.24, 2.45) is 0 Å². The van der Waals surface area contributed by atoms with Crippen LogP contribution in [0.25, 0.3) is 0 Å². The molecule has 0 aliphatic carbocycles. The van der Waals surface area contributed by atoms with E-state index < -0.39 is 0 Å². The molecule has 0 N–H and O–H groups in total. The molecular formula is C9H13Al. The third-order valence-corrected chi connectivity index (χ3v) is 3.77. The van der Waals surface area contributed by atoms with E-state index in [0.29, 0.717) is 0 Å². The Kier molecular flexibility index (Phi) is 3.57. The number of hydrogen-bond donors (Lipinski definition) is 0. The second-order valence-corrected chi connectivity index (χ2v) is 4.61. The molecule has 52 valence electrons. The van der Waals surface area contributed by atoms with E-state index >= 15 is 0 Å². The van der Waals surface area contributed by atoms with Crippen molar-refractivity contribution in [3.63, 3.8) is 0 Å². The minimum atomic E-state index is 0.0886. The van der Waals surface area contributed by atoms with Gasteiger partial charge in [-0.2, -0.15) is 0 Å². The van der Waals surface area contributed by atoms with Gasteiger partial charge >= 0.3 is 0 Å². The largest absolute Gasteiger partial charge is 0.282 e. The Hall–Kier alpha value is -0.248. The first kappa shape index (κ1) is 7.86. The van der Waals surface area contributed by atoms with Crippen molar-refractivity contribution >= 4 is 19.6 Å². The first-order chi connectivity index (χ1) is 4.93. The minimum absolute atomic E-state index is 0.0886. The molecule has 0 heterocycles. The Labute approximate surface area is 69.0 Å². The van der Waals surface area contributed by atoms with Gasteiger partial charge in [0, 0.05) is 0 Å². The van der Waals surface area contributed by atoms with Crippen LogP contribution in [0.15, 0.2) is 30.3 Å². The lowest BCUT2D eigenvalue weighted by Gasteiger charge is -1.93. The van der Waals surface area contributed by atoms with Crippen molar-refractivity contribution in [2.75, 3.05) is 0 Å². The summed E-state index contributed by atoms with van der Waals surface area (Å²) in [6.45, 7) is 2.26. The summed E-state index contributed by atoms with van der Waals surface area (Å²) in [6.07, 6.45) is 1.35. The van der Waals surface area contributed by atoms with Crippen LogP contribution >= 0.6 is 0 Å². The summed E-state index contributed by atoms with van der Waals surface area (Å²) >= 11 is 0.0886. The summed E-state index contributed by atoms with van der Waals surface area (Å²) < 4.78 is 1.60. The van der Waals surface area contributed by atoms with Gasteiger partial charge in [-0.3, -0.25) is 0 Å². The Bertz CT molecular complexity index is 169. The minimum Gasteiger partial charge on any atom is -0.116 e. The van der Waals surface area contributed by atoms with Gasteiger partial charge in [-0.25, -0.2) is 0 Å². The summed E-state index contributed by atoms with van der Waals surface area (Å²) in [5.41, 5.74) is 0. The van der Waals surface area contributed by atoms with E-state index in [2.05, 4.69) is 37.3 Å². The standard InChI is InChI=1S/C6H5.C3H7.Al.H/c1-2-4-6-5-3-1;1-3-2;;/h1-5H;1,3H2,2H3;;. The number of rotatable bonds is 3. The van der Waals surface area contributed by atoms with E-state index in [1.165, 1.54) is 11.7 Å². The molecule has 0 saturated heterocycles. The zero-order valence-corrected chi connectivity index (χ0v) is 7.92. The summed E-state index contributed by atoms with van der Waals surface area (Å²) in [4.78, 5) is 0. The highest BCUT2D eigenvalue weighted by molar-refractivity contribution is 6.53. The molecule has 1 aromatic rings. The van der Waals surface area contributed by atoms with Crippen LogP contribution in [-0.2, 0) is 0 Å². The highest BCUT2D eigenvalue weighted by Gasteiger charge is 1.92. The second-order valence-electron chi connectivity index (χ2n) is 2.59. The zero-order valence-electron chi connectivity index (χ0n) is 6.51. The molecule has 1 rings (SSSR count). The van der Waals surface area contributed by atoms with E-state index in [4.69, 9.17) is 0 Å². The predicted octanol–water partition coefficient (Wildman–Crippen LogP) is 1.58. The SMILES string of the molecule is CC[CH2][AlH][c]1ccccc1. The van der Waals surface area contributed by atoms with E-state index in [0.717, 1.165) is 0 Å². The quantitative estimate of drug-likeness (QED) is 0.571. The van der Waals surface area contributed by atoms with Crippen LogP contribution in [0.4, 0.5) is 0 Å². The molecule has 0 spiro atoms. The van der Waals surface area contributed by atoms with E-state index in [-0.39, 0.29) is 15.2 Å². The van der Waals surface area contributed by atoms with Crippen LogP contribution in [0.1, 0.15) is 13.3 Å². The fourth-order valence-corrected chi connectivity index (χ4v) is 2.39. The molecule has 0 aliphatic heterocycles. The molecule has 0 nitrogen and oxygen atoms in total. The van der Waals surface area contributed by atoms with Crippen molar-refractivity contribution < 1.29 is 0 Å². The lowest BCUT2D eigenvalue weighted by atomic mass is 10.4. The van der Waals surface area contributed by atoms with Gasteiger partial charge in [0.15, 0.2) is 0 Å². The maximum Gasteiger partial charge on any atom is 0.282 e. The van der Waals surface area contributed by atoms with E-state index in [1.807, 2.05) is 0 Å². The average Bonchev–Trinajstić information content (AvgIpc) is 2.03. The van der Waals surface area contributed by atoms with Gasteiger partial charge in [-0.15, -0.1) is 4.43 Å². The lowest BCUT2D eigenvalue weighted by molar-refractivity contribution is 1.08. The summed E-state index contributed by atoms with van der Waals surface area (Å²) in [7, 11) is 0. The molecule has 0 aromatic heterocycles. The molecular weight excluding hydrogens is 135 g/mol. The van der Waals surface area contributed by atoms with Crippen molar-refractivity contribution in [3.05, 3.63) is 30.3 Å². The van der Waals surface area contributed by atoms with Crippen LogP contribution in [0.3, 0.4) is 0 Å². The Morgan fingerprint density at radius 3 is 2.50 bits per heavy atom. The number of benzene rings is 1. The summed E-state index contributed by atoms with van der Waals surface area (Å²) in [6, 6.07) is 10.9. The Morgan fingerprint density at radius 2 is 1.90 bits per heavy atom. The van der Waals surface area contributed by atoms with Gasteiger partial charge in [0.25, 0.3) is 15.2 Å². The molecule has 1 aromatic carbocycles. The van der Waals surface area contributed by atoms with Crippen LogP contribution < -0.4 is 4.43 Å². The topological polar surface area (TPSA) is 0 Å². The third kappa shape index (κ3) is 2.56. The van der Waals surface area contributed by atoms with Crippen LogP contribution in [0.2, 0.25) is 5.28 Å². The van der Waals surface area contributed by atoms with Crippen molar-refractivity contribution in [2.45, 2.75) is 18.6 Å². The monoisotopic (exact) mass is 148 g/mol. The van der Waals surface area contributed by atoms with Gasteiger partial charge in [0.1, 0.15) is 0 Å². The average molecular weight is 148 g/mol. The highest BCUT2D eigenvalue weighted by atomic mass is 27.1. The fraction of sp³-hybridized carbons (Fsp3) is 0.333. The molecule has 10 heavy (non-hydrogen) atoms. The highest BCUT2D eigenvalue weighted by Crippen LogP contribution is 1.87. The van der Waals surface area contributed by atoms with Gasteiger partial charge in [-0.05, 0) is 0 Å². The molecule has 0 unspecified atom stereocenters. The zero-order chi connectivity index (χ0) is 7.23. The molecule has 0 amide bonds. The first-order valence-electron chi connectivity index (χ1n) is 3.97. The van der Waals surface area contributed by atoms with E-state index in [1.54, 1.807) is 4.43 Å². The van der Waals surface area contributed by atoms with Crippen molar-refractivity contribution in [1.82, 2.24) is 0 Å². The lowest BCUT2D eigenvalue weighted by Crippen LogP contribution is -2.11. The molecule has 0 saturated carbocycles. The maximum atomic E-state index is 2.26. The Morgan fingerprint density at radius 1 is 1.20 bits per heavy atom. The molecule has 0 aliphatic rings. The normalized spacial score (nSPS) is 9.30. The Balaban J connectivity index is 2.43. The summed E-state index contributed by atoms with van der Waals surface area (Å²) in [5.74, 6) is 0. The molecule has 0 radical (unpaired) electrons. The van der Waals surface area contributed by atoms with Crippen molar-refractivity contribution in [1.29, 1.82) is 0 Å². The van der Waals surface area contributed by atoms with Gasteiger partial charge in [0.05, 0.1) is 0 Å². The van der Waals surface area contributed by atoms with Gasteiger partial charge in [-0.1, -0.05) is 49.0 Å². The van der Waals surface area contributed by atoms with Gasteiger partial charge in [0.2, 0.25) is 0 Å². The fourth-order valence-electron chi connectivity index (χ4n) is 1.03. The van der Waals surface area contributed by atoms with Gasteiger partial charge < -0.3 is 0 Å². The van der Waals surface area contributed by atoms with Crippen LogP contribution in [0, 0.1) is 0 Å². The third-order valence-electron chi connectivity index (χ3n) is 1.66. The van der Waals surface area contributed by atoms with Crippen LogP contribution in [-0.4, -0.2) is 15.2 Å². The predicted molar refractivity (Wildman–Crippen MR) is 48.3 cm³/mol. The van der Waals surface area contributed by atoms with Crippen molar-refractivity contribution in [3.8, 4) is 0 Å². The second kappa shape index (κ2) is 4.55. The van der Waals surface area contributed by atoms with Crippen LogP contribution in [0.5, 0.6) is 0 Å². The van der Waals surface area contributed by atoms with E-state index in [9.17, 15) is 0 Å². The molecule has 0 bridgehead atoms. The smallest absolute Gasteiger partial charge is 0.116 e. The molecule has 0 atom stereocenters. The first-order valence-corrected chi connectivity index (χ1v) is 5.68. The summed E-state index contributed by atoms with van der Waals surface area (Å²) in [5, 5.41) is 1.45. The maximum absolute atomic E-state index is 2.26. The molecule has 1 heteroatoms. The number of hydrogen-bond acceptors (Lipinski definition) is 0. The molecule has 0 fully saturated rings.